The zero-order valence-electron chi connectivity index (χ0n) is 18.0. The van der Waals surface area contributed by atoms with Crippen molar-refractivity contribution in [2.45, 2.75) is 20.0 Å². The molecule has 32 heavy (non-hydrogen) atoms. The molecule has 0 saturated heterocycles. The van der Waals surface area contributed by atoms with Crippen LogP contribution in [0.2, 0.25) is 10.0 Å². The Labute approximate surface area is 199 Å². The first-order valence-corrected chi connectivity index (χ1v) is 10.8. The van der Waals surface area contributed by atoms with Crippen molar-refractivity contribution in [3.05, 3.63) is 105 Å². The first-order chi connectivity index (χ1) is 15.4. The smallest absolute Gasteiger partial charge is 0.165 e. The highest BCUT2D eigenvalue weighted by atomic mass is 35.5. The molecule has 5 heteroatoms. The highest BCUT2D eigenvalue weighted by Gasteiger charge is 2.14. The molecule has 0 heterocycles. The minimum atomic E-state index is 0.262. The normalized spacial score (nSPS) is 11.0. The summed E-state index contributed by atoms with van der Waals surface area (Å²) in [4.78, 5) is 0. The number of nitrogens with zero attached hydrogens (tertiary/aromatic N) is 1. The molecule has 162 valence electrons. The van der Waals surface area contributed by atoms with Crippen LogP contribution in [0.1, 0.15) is 27.8 Å². The molecule has 0 saturated carbocycles. The number of nitriles is 1. The van der Waals surface area contributed by atoms with Gasteiger partial charge in [0, 0.05) is 21.2 Å². The Hall–Kier alpha value is -3.19. The van der Waals surface area contributed by atoms with Crippen molar-refractivity contribution in [2.24, 2.45) is 0 Å². The van der Waals surface area contributed by atoms with E-state index in [1.807, 2.05) is 55.5 Å². The predicted octanol–water partition coefficient (Wildman–Crippen LogP) is 7.68. The number of ether oxygens (including phenoxy) is 2. The van der Waals surface area contributed by atoms with E-state index in [4.69, 9.17) is 32.7 Å². The van der Waals surface area contributed by atoms with Gasteiger partial charge in [-0.05, 0) is 54.8 Å². The van der Waals surface area contributed by atoms with Crippen molar-refractivity contribution in [3.8, 4) is 17.6 Å². The molecule has 3 nitrogen and oxygen atoms in total. The molecule has 0 fully saturated rings. The average Bonchev–Trinajstić information content (AvgIpc) is 2.78. The zero-order chi connectivity index (χ0) is 23.1. The van der Waals surface area contributed by atoms with Gasteiger partial charge in [-0.15, -0.1) is 6.58 Å². The van der Waals surface area contributed by atoms with E-state index < -0.39 is 0 Å². The molecule has 0 aliphatic carbocycles. The summed E-state index contributed by atoms with van der Waals surface area (Å²) in [5.74, 6) is 1.19. The second kappa shape index (κ2) is 10.9. The Bertz CT molecular complexity index is 1190. The Morgan fingerprint density at radius 1 is 1.06 bits per heavy atom. The van der Waals surface area contributed by atoms with Crippen LogP contribution in [0.5, 0.6) is 11.5 Å². The van der Waals surface area contributed by atoms with Crippen molar-refractivity contribution in [1.82, 2.24) is 0 Å². The Kier molecular flexibility index (Phi) is 8.00. The molecule has 0 aliphatic rings. The molecule has 3 aromatic rings. The van der Waals surface area contributed by atoms with Crippen LogP contribution in [-0.2, 0) is 13.0 Å². The van der Waals surface area contributed by atoms with E-state index in [2.05, 4.69) is 12.6 Å². The monoisotopic (exact) mass is 463 g/mol. The summed E-state index contributed by atoms with van der Waals surface area (Å²) < 4.78 is 11.7. The van der Waals surface area contributed by atoms with E-state index in [9.17, 15) is 5.26 Å². The van der Waals surface area contributed by atoms with Gasteiger partial charge < -0.3 is 9.47 Å². The van der Waals surface area contributed by atoms with E-state index in [1.54, 1.807) is 25.3 Å². The van der Waals surface area contributed by atoms with Crippen molar-refractivity contribution in [3.63, 3.8) is 0 Å². The largest absolute Gasteiger partial charge is 0.493 e. The maximum atomic E-state index is 9.71. The molecule has 0 unspecified atom stereocenters. The van der Waals surface area contributed by atoms with Gasteiger partial charge in [0.2, 0.25) is 0 Å². The number of benzene rings is 3. The van der Waals surface area contributed by atoms with Gasteiger partial charge in [-0.25, -0.2) is 0 Å². The molecule has 0 N–H and O–H groups in total. The SMILES string of the molecule is C=CCc1cc(/C=C(/C#N)c2ccc(C)cc2)cc(OC)c1OCc1ccc(Cl)cc1Cl. The topological polar surface area (TPSA) is 42.2 Å². The highest BCUT2D eigenvalue weighted by Crippen LogP contribution is 2.36. The molecule has 0 atom stereocenters. The average molecular weight is 464 g/mol. The minimum Gasteiger partial charge on any atom is -0.493 e. The Balaban J connectivity index is 1.98. The minimum absolute atomic E-state index is 0.262. The van der Waals surface area contributed by atoms with Gasteiger partial charge in [-0.1, -0.05) is 65.2 Å². The molecule has 0 bridgehead atoms. The van der Waals surface area contributed by atoms with Crippen LogP contribution in [0, 0.1) is 18.3 Å². The number of allylic oxidation sites excluding steroid dienone is 2. The summed E-state index contributed by atoms with van der Waals surface area (Å²) in [6, 6.07) is 19.3. The van der Waals surface area contributed by atoms with Crippen LogP contribution in [0.15, 0.2) is 67.3 Å². The van der Waals surface area contributed by atoms with Crippen LogP contribution in [0.4, 0.5) is 0 Å². The van der Waals surface area contributed by atoms with Crippen LogP contribution >= 0.6 is 23.2 Å². The summed E-state index contributed by atoms with van der Waals surface area (Å²) in [7, 11) is 1.59. The molecule has 0 aromatic heterocycles. The first kappa shape index (κ1) is 23.5. The molecule has 3 rings (SSSR count). The third-order valence-electron chi connectivity index (χ3n) is 4.92. The molecular formula is C27H23Cl2NO2. The number of rotatable bonds is 8. The maximum Gasteiger partial charge on any atom is 0.165 e. The van der Waals surface area contributed by atoms with Gasteiger partial charge in [0.1, 0.15) is 6.61 Å². The van der Waals surface area contributed by atoms with Gasteiger partial charge >= 0.3 is 0 Å². The van der Waals surface area contributed by atoms with Crippen LogP contribution in [0.3, 0.4) is 0 Å². The third-order valence-corrected chi connectivity index (χ3v) is 5.51. The second-order valence-electron chi connectivity index (χ2n) is 7.26. The highest BCUT2D eigenvalue weighted by molar-refractivity contribution is 6.35. The third kappa shape index (κ3) is 5.73. The van der Waals surface area contributed by atoms with E-state index in [0.29, 0.717) is 33.5 Å². The lowest BCUT2D eigenvalue weighted by atomic mass is 10.00. The van der Waals surface area contributed by atoms with Gasteiger partial charge in [-0.3, -0.25) is 0 Å². The van der Waals surface area contributed by atoms with Crippen molar-refractivity contribution in [1.29, 1.82) is 5.26 Å². The number of halogens is 2. The van der Waals surface area contributed by atoms with E-state index in [0.717, 1.165) is 27.8 Å². The van der Waals surface area contributed by atoms with Crippen molar-refractivity contribution >= 4 is 34.9 Å². The number of hydrogen-bond donors (Lipinski definition) is 0. The van der Waals surface area contributed by atoms with Crippen LogP contribution in [-0.4, -0.2) is 7.11 Å². The molecule has 0 aliphatic heterocycles. The zero-order valence-corrected chi connectivity index (χ0v) is 19.5. The standard InChI is InChI=1S/C27H23Cl2NO2/c1-4-5-21-12-19(13-23(16-30)20-8-6-18(2)7-9-20)14-26(31-3)27(21)32-17-22-10-11-24(28)15-25(22)29/h4,6-15H,1,5,17H2,2-3H3/b23-13-. The lowest BCUT2D eigenvalue weighted by Gasteiger charge is -2.16. The van der Waals surface area contributed by atoms with Gasteiger partial charge in [0.05, 0.1) is 18.8 Å². The first-order valence-electron chi connectivity index (χ1n) is 10.0. The summed E-state index contributed by atoms with van der Waals surface area (Å²) in [5.41, 5.74) is 5.13. The number of methoxy groups -OCH3 is 1. The van der Waals surface area contributed by atoms with Gasteiger partial charge in [0.15, 0.2) is 11.5 Å². The van der Waals surface area contributed by atoms with Crippen LogP contribution < -0.4 is 9.47 Å². The van der Waals surface area contributed by atoms with E-state index >= 15 is 0 Å². The fourth-order valence-corrected chi connectivity index (χ4v) is 3.72. The van der Waals surface area contributed by atoms with Gasteiger partial charge in [0.25, 0.3) is 0 Å². The van der Waals surface area contributed by atoms with Crippen LogP contribution in [0.25, 0.3) is 11.6 Å². The molecular weight excluding hydrogens is 441 g/mol. The predicted molar refractivity (Wildman–Crippen MR) is 132 cm³/mol. The van der Waals surface area contributed by atoms with Gasteiger partial charge in [-0.2, -0.15) is 5.26 Å². The lowest BCUT2D eigenvalue weighted by molar-refractivity contribution is 0.282. The maximum absolute atomic E-state index is 9.71. The summed E-state index contributed by atoms with van der Waals surface area (Å²) >= 11 is 12.3. The van der Waals surface area contributed by atoms with E-state index in [1.165, 1.54) is 0 Å². The quantitative estimate of drug-likeness (QED) is 0.195. The Morgan fingerprint density at radius 3 is 2.44 bits per heavy atom. The molecule has 0 spiro atoms. The number of hydrogen-bond acceptors (Lipinski definition) is 3. The van der Waals surface area contributed by atoms with Crippen molar-refractivity contribution in [2.75, 3.05) is 7.11 Å². The molecule has 0 amide bonds. The summed E-state index contributed by atoms with van der Waals surface area (Å²) in [6.45, 7) is 6.14. The van der Waals surface area contributed by atoms with E-state index in [-0.39, 0.29) is 6.61 Å². The Morgan fingerprint density at radius 2 is 1.81 bits per heavy atom. The lowest BCUT2D eigenvalue weighted by Crippen LogP contribution is -2.02. The fourth-order valence-electron chi connectivity index (χ4n) is 3.26. The molecule has 3 aromatic carbocycles. The fraction of sp³-hybridized carbons (Fsp3) is 0.148. The summed E-state index contributed by atoms with van der Waals surface area (Å²) in [6.07, 6.45) is 4.23. The van der Waals surface area contributed by atoms with Crippen molar-refractivity contribution < 1.29 is 9.47 Å². The second-order valence-corrected chi connectivity index (χ2v) is 8.11. The number of aryl methyl sites for hydroxylation is 1. The summed E-state index contributed by atoms with van der Waals surface area (Å²) in [5, 5.41) is 10.8. The molecule has 0 radical (unpaired) electrons.